The summed E-state index contributed by atoms with van der Waals surface area (Å²) in [5.41, 5.74) is 0.326. The van der Waals surface area contributed by atoms with E-state index in [0.29, 0.717) is 5.69 Å². The van der Waals surface area contributed by atoms with Crippen molar-refractivity contribution in [2.45, 2.75) is 26.4 Å². The Morgan fingerprint density at radius 2 is 2.30 bits per heavy atom. The van der Waals surface area contributed by atoms with Gasteiger partial charge in [-0.25, -0.2) is 4.98 Å². The van der Waals surface area contributed by atoms with Gasteiger partial charge in [0.2, 0.25) is 0 Å². The van der Waals surface area contributed by atoms with E-state index in [1.165, 1.54) is 15.9 Å². The number of aromatic nitrogens is 2. The van der Waals surface area contributed by atoms with Crippen molar-refractivity contribution in [3.63, 3.8) is 0 Å². The zero-order valence-electron chi connectivity index (χ0n) is 11.2. The van der Waals surface area contributed by atoms with Gasteiger partial charge in [0.1, 0.15) is 17.2 Å². The maximum Gasteiger partial charge on any atom is 0.323 e. The predicted octanol–water partition coefficient (Wildman–Crippen LogP) is 1.83. The Morgan fingerprint density at radius 3 is 2.90 bits per heavy atom. The molecule has 1 atom stereocenters. The number of amides is 1. The van der Waals surface area contributed by atoms with Crippen LogP contribution in [0.15, 0.2) is 24.5 Å². The summed E-state index contributed by atoms with van der Waals surface area (Å²) in [5.74, 6) is -1.30. The van der Waals surface area contributed by atoms with E-state index in [-0.39, 0.29) is 18.5 Å². The highest BCUT2D eigenvalue weighted by Crippen LogP contribution is 2.19. The number of carbonyl (C=O) groups is 2. The zero-order valence-corrected chi connectivity index (χ0v) is 12.0. The van der Waals surface area contributed by atoms with E-state index in [4.69, 9.17) is 5.11 Å². The van der Waals surface area contributed by atoms with Crippen LogP contribution in [0.1, 0.15) is 33.3 Å². The predicted molar refractivity (Wildman–Crippen MR) is 74.8 cm³/mol. The lowest BCUT2D eigenvalue weighted by Crippen LogP contribution is -2.29. The highest BCUT2D eigenvalue weighted by atomic mass is 32.1. The van der Waals surface area contributed by atoms with Crippen LogP contribution in [0.2, 0.25) is 0 Å². The summed E-state index contributed by atoms with van der Waals surface area (Å²) < 4.78 is 1.40. The molecule has 0 aliphatic rings. The molecular weight excluding hydrogens is 278 g/mol. The SMILES string of the molecule is Cc1cnc(C(C)NC(=O)c2cccn2CC(=O)O)s1. The van der Waals surface area contributed by atoms with Crippen LogP contribution in [0, 0.1) is 6.92 Å². The van der Waals surface area contributed by atoms with E-state index in [1.54, 1.807) is 24.5 Å². The highest BCUT2D eigenvalue weighted by molar-refractivity contribution is 7.11. The Balaban J connectivity index is 2.08. The summed E-state index contributed by atoms with van der Waals surface area (Å²) in [6, 6.07) is 3.03. The Hall–Kier alpha value is -2.15. The number of nitrogens with zero attached hydrogens (tertiary/aromatic N) is 2. The first kappa shape index (κ1) is 14.3. The number of carboxylic acid groups (broad SMARTS) is 1. The summed E-state index contributed by atoms with van der Waals surface area (Å²) >= 11 is 1.52. The Labute approximate surface area is 120 Å². The molecule has 0 fully saturated rings. The van der Waals surface area contributed by atoms with E-state index < -0.39 is 5.97 Å². The second-order valence-corrected chi connectivity index (χ2v) is 5.69. The molecule has 2 aromatic heterocycles. The minimum absolute atomic E-state index is 0.214. The van der Waals surface area contributed by atoms with E-state index in [9.17, 15) is 9.59 Å². The fourth-order valence-corrected chi connectivity index (χ4v) is 2.58. The normalized spacial score (nSPS) is 12.1. The molecule has 0 spiro atoms. The van der Waals surface area contributed by atoms with Crippen LogP contribution in [0.25, 0.3) is 0 Å². The molecule has 7 heteroatoms. The number of carboxylic acids is 1. The van der Waals surface area contributed by atoms with E-state index >= 15 is 0 Å². The van der Waals surface area contributed by atoms with E-state index in [0.717, 1.165) is 9.88 Å². The maximum atomic E-state index is 12.2. The van der Waals surface area contributed by atoms with Crippen molar-refractivity contribution < 1.29 is 14.7 Å². The lowest BCUT2D eigenvalue weighted by molar-refractivity contribution is -0.137. The topological polar surface area (TPSA) is 84.2 Å². The van der Waals surface area contributed by atoms with Crippen molar-refractivity contribution in [3.8, 4) is 0 Å². The third kappa shape index (κ3) is 3.24. The molecule has 0 saturated heterocycles. The van der Waals surface area contributed by atoms with Crippen molar-refractivity contribution in [1.82, 2.24) is 14.9 Å². The van der Waals surface area contributed by atoms with Gasteiger partial charge in [-0.15, -0.1) is 11.3 Å². The number of thiazole rings is 1. The third-order valence-corrected chi connectivity index (χ3v) is 3.82. The molecule has 0 aliphatic carbocycles. The van der Waals surface area contributed by atoms with Gasteiger partial charge in [-0.1, -0.05) is 0 Å². The molecule has 0 aliphatic heterocycles. The molecule has 6 nitrogen and oxygen atoms in total. The minimum Gasteiger partial charge on any atom is -0.480 e. The first-order chi connectivity index (χ1) is 9.47. The Morgan fingerprint density at radius 1 is 1.55 bits per heavy atom. The summed E-state index contributed by atoms with van der Waals surface area (Å²) in [5, 5.41) is 12.4. The van der Waals surface area contributed by atoms with Crippen LogP contribution in [0.5, 0.6) is 0 Å². The van der Waals surface area contributed by atoms with Gasteiger partial charge in [0.25, 0.3) is 5.91 Å². The molecule has 1 unspecified atom stereocenters. The quantitative estimate of drug-likeness (QED) is 0.881. The number of carbonyl (C=O) groups excluding carboxylic acids is 1. The summed E-state index contributed by atoms with van der Waals surface area (Å²) in [6.45, 7) is 3.56. The van der Waals surface area contributed by atoms with Crippen LogP contribution in [0.4, 0.5) is 0 Å². The number of aryl methyl sites for hydroxylation is 1. The van der Waals surface area contributed by atoms with Crippen LogP contribution < -0.4 is 5.32 Å². The number of rotatable bonds is 5. The second-order valence-electron chi connectivity index (χ2n) is 4.42. The van der Waals surface area contributed by atoms with Gasteiger partial charge in [-0.2, -0.15) is 0 Å². The second kappa shape index (κ2) is 5.87. The first-order valence-electron chi connectivity index (χ1n) is 6.07. The van der Waals surface area contributed by atoms with E-state index in [1.807, 2.05) is 13.8 Å². The lowest BCUT2D eigenvalue weighted by atomic mass is 10.3. The lowest BCUT2D eigenvalue weighted by Gasteiger charge is -2.12. The smallest absolute Gasteiger partial charge is 0.323 e. The first-order valence-corrected chi connectivity index (χ1v) is 6.89. The van der Waals surface area contributed by atoms with Gasteiger partial charge >= 0.3 is 5.97 Å². The van der Waals surface area contributed by atoms with Crippen LogP contribution >= 0.6 is 11.3 Å². The number of aliphatic carboxylic acids is 1. The van der Waals surface area contributed by atoms with Crippen molar-refractivity contribution in [1.29, 1.82) is 0 Å². The van der Waals surface area contributed by atoms with Gasteiger partial charge in [-0.05, 0) is 26.0 Å². The average Bonchev–Trinajstić information content (AvgIpc) is 2.97. The number of hydrogen-bond donors (Lipinski definition) is 2. The van der Waals surface area contributed by atoms with E-state index in [2.05, 4.69) is 10.3 Å². The zero-order chi connectivity index (χ0) is 14.7. The Kier molecular flexibility index (Phi) is 4.19. The standard InChI is InChI=1S/C13H15N3O3S/c1-8-6-14-13(20-8)9(2)15-12(19)10-4-3-5-16(10)7-11(17)18/h3-6,9H,7H2,1-2H3,(H,15,19)(H,17,18). The molecule has 1 amide bonds. The molecule has 2 heterocycles. The van der Waals surface area contributed by atoms with Crippen LogP contribution in [-0.4, -0.2) is 26.5 Å². The molecular formula is C13H15N3O3S. The number of nitrogens with one attached hydrogen (secondary N) is 1. The largest absolute Gasteiger partial charge is 0.480 e. The van der Waals surface area contributed by atoms with Gasteiger partial charge in [0.15, 0.2) is 0 Å². The van der Waals surface area contributed by atoms with Gasteiger partial charge < -0.3 is 15.0 Å². The summed E-state index contributed by atoms with van der Waals surface area (Å²) in [4.78, 5) is 28.2. The Bertz CT molecular complexity index is 632. The molecule has 2 rings (SSSR count). The molecule has 2 aromatic rings. The summed E-state index contributed by atoms with van der Waals surface area (Å²) in [7, 11) is 0. The van der Waals surface area contributed by atoms with Crippen molar-refractivity contribution in [2.75, 3.05) is 0 Å². The van der Waals surface area contributed by atoms with Gasteiger partial charge in [0, 0.05) is 17.3 Å². The third-order valence-electron chi connectivity index (χ3n) is 2.72. The monoisotopic (exact) mass is 293 g/mol. The molecule has 2 N–H and O–H groups in total. The molecule has 0 saturated carbocycles. The van der Waals surface area contributed by atoms with Crippen molar-refractivity contribution >= 4 is 23.2 Å². The van der Waals surface area contributed by atoms with Gasteiger partial charge in [-0.3, -0.25) is 9.59 Å². The fraction of sp³-hybridized carbons (Fsp3) is 0.308. The molecule has 0 aromatic carbocycles. The highest BCUT2D eigenvalue weighted by Gasteiger charge is 2.17. The van der Waals surface area contributed by atoms with Crippen molar-refractivity contribution in [2.24, 2.45) is 0 Å². The van der Waals surface area contributed by atoms with Crippen molar-refractivity contribution in [3.05, 3.63) is 40.1 Å². The molecule has 0 bridgehead atoms. The maximum absolute atomic E-state index is 12.2. The molecule has 0 radical (unpaired) electrons. The summed E-state index contributed by atoms with van der Waals surface area (Å²) in [6.07, 6.45) is 3.33. The minimum atomic E-state index is -0.987. The van der Waals surface area contributed by atoms with Gasteiger partial charge in [0.05, 0.1) is 6.04 Å². The molecule has 20 heavy (non-hydrogen) atoms. The molecule has 106 valence electrons. The average molecular weight is 293 g/mol. The fourth-order valence-electron chi connectivity index (χ4n) is 1.81. The van der Waals surface area contributed by atoms with Crippen LogP contribution in [-0.2, 0) is 11.3 Å². The van der Waals surface area contributed by atoms with Crippen LogP contribution in [0.3, 0.4) is 0 Å². The number of hydrogen-bond acceptors (Lipinski definition) is 4.